The normalized spacial score (nSPS) is 21.8. The minimum Gasteiger partial charge on any atom is -0.372 e. The molecule has 0 bridgehead atoms. The zero-order chi connectivity index (χ0) is 23.1. The molecule has 2 fully saturated rings. The smallest absolute Gasteiger partial charge is 0.258 e. The van der Waals surface area contributed by atoms with E-state index < -0.39 is 0 Å². The molecule has 0 aliphatic carbocycles. The van der Waals surface area contributed by atoms with E-state index in [1.807, 2.05) is 18.2 Å². The van der Waals surface area contributed by atoms with Crippen molar-refractivity contribution in [2.75, 3.05) is 61.5 Å². The van der Waals surface area contributed by atoms with Crippen molar-refractivity contribution in [3.63, 3.8) is 0 Å². The van der Waals surface area contributed by atoms with Crippen molar-refractivity contribution in [1.82, 2.24) is 4.90 Å². The molecule has 0 radical (unpaired) electrons. The van der Waals surface area contributed by atoms with E-state index in [0.717, 1.165) is 56.1 Å². The molecule has 0 saturated carbocycles. The second kappa shape index (κ2) is 8.98. The maximum absolute atomic E-state index is 15.1. The molecule has 3 heterocycles. The molecule has 0 unspecified atom stereocenters. The van der Waals surface area contributed by atoms with Crippen LogP contribution in [-0.4, -0.2) is 63.7 Å². The predicted octanol–water partition coefficient (Wildman–Crippen LogP) is 4.41. The molecule has 0 spiro atoms. The van der Waals surface area contributed by atoms with Crippen LogP contribution in [0.5, 0.6) is 0 Å². The van der Waals surface area contributed by atoms with Gasteiger partial charge in [0.05, 0.1) is 5.69 Å². The van der Waals surface area contributed by atoms with E-state index in [9.17, 15) is 4.79 Å². The third-order valence-corrected chi connectivity index (χ3v) is 7.80. The number of amides is 1. The molecule has 2 aromatic rings. The largest absolute Gasteiger partial charge is 0.372 e. The molecule has 33 heavy (non-hydrogen) atoms. The van der Waals surface area contributed by atoms with Crippen molar-refractivity contribution in [2.45, 2.75) is 38.6 Å². The van der Waals surface area contributed by atoms with Gasteiger partial charge in [-0.05, 0) is 87.7 Å². The fraction of sp³-hybridized carbons (Fsp3) is 0.519. The van der Waals surface area contributed by atoms with Crippen molar-refractivity contribution in [2.24, 2.45) is 5.92 Å². The first-order valence-electron chi connectivity index (χ1n) is 12.3. The van der Waals surface area contributed by atoms with Crippen LogP contribution in [0.25, 0.3) is 0 Å². The van der Waals surface area contributed by atoms with Crippen molar-refractivity contribution in [3.05, 3.63) is 53.3 Å². The first-order valence-corrected chi connectivity index (χ1v) is 12.3. The summed E-state index contributed by atoms with van der Waals surface area (Å²) in [6.45, 7) is 6.75. The lowest BCUT2D eigenvalue weighted by molar-refractivity contribution is 0.0980. The number of fused-ring (bicyclic) bond motifs is 1. The molecule has 5 rings (SSSR count). The Morgan fingerprint density at radius 3 is 2.33 bits per heavy atom. The van der Waals surface area contributed by atoms with E-state index >= 15 is 4.39 Å². The first kappa shape index (κ1) is 22.2. The molecule has 0 N–H and O–H groups in total. The zero-order valence-electron chi connectivity index (χ0n) is 20.1. The van der Waals surface area contributed by atoms with Crippen LogP contribution in [0.1, 0.15) is 42.1 Å². The highest BCUT2D eigenvalue weighted by atomic mass is 19.1. The van der Waals surface area contributed by atoms with Gasteiger partial charge in [0, 0.05) is 55.7 Å². The van der Waals surface area contributed by atoms with E-state index in [0.29, 0.717) is 24.0 Å². The minimum atomic E-state index is -0.250. The summed E-state index contributed by atoms with van der Waals surface area (Å²) >= 11 is 0. The Morgan fingerprint density at radius 1 is 0.909 bits per heavy atom. The number of hydrogen-bond donors (Lipinski definition) is 0. The van der Waals surface area contributed by atoms with Crippen LogP contribution < -0.4 is 14.7 Å². The number of halogens is 1. The lowest BCUT2D eigenvalue weighted by atomic mass is 9.95. The quantitative estimate of drug-likeness (QED) is 0.691. The fourth-order valence-electron chi connectivity index (χ4n) is 5.49. The number of hydrogen-bond acceptors (Lipinski definition) is 4. The van der Waals surface area contributed by atoms with Crippen LogP contribution in [0.15, 0.2) is 36.4 Å². The Kier molecular flexibility index (Phi) is 6.04. The Bertz CT molecular complexity index is 1030. The fourth-order valence-corrected chi connectivity index (χ4v) is 5.49. The van der Waals surface area contributed by atoms with Gasteiger partial charge in [0.1, 0.15) is 5.82 Å². The van der Waals surface area contributed by atoms with Gasteiger partial charge < -0.3 is 19.6 Å². The molecule has 5 nitrogen and oxygen atoms in total. The summed E-state index contributed by atoms with van der Waals surface area (Å²) in [7, 11) is 4.15. The van der Waals surface area contributed by atoms with Crippen molar-refractivity contribution < 1.29 is 9.18 Å². The number of piperidine rings is 1. The Labute approximate surface area is 196 Å². The van der Waals surface area contributed by atoms with Gasteiger partial charge in [0.2, 0.25) is 0 Å². The second-order valence-electron chi connectivity index (χ2n) is 10.2. The summed E-state index contributed by atoms with van der Waals surface area (Å²) < 4.78 is 15.1. The maximum atomic E-state index is 15.1. The molecule has 0 aromatic heterocycles. The molecule has 1 atom stereocenters. The van der Waals surface area contributed by atoms with Gasteiger partial charge in [0.15, 0.2) is 0 Å². The van der Waals surface area contributed by atoms with Gasteiger partial charge in [-0.15, -0.1) is 0 Å². The average Bonchev–Trinajstić information content (AvgIpc) is 3.30. The van der Waals surface area contributed by atoms with Crippen molar-refractivity contribution in [3.8, 4) is 0 Å². The number of rotatable bonds is 4. The monoisotopic (exact) mass is 450 g/mol. The molecule has 176 valence electrons. The number of nitrogens with zero attached hydrogens (tertiary/aromatic N) is 4. The Balaban J connectivity index is 1.32. The van der Waals surface area contributed by atoms with Crippen LogP contribution in [0, 0.1) is 11.7 Å². The van der Waals surface area contributed by atoms with Crippen LogP contribution in [0.3, 0.4) is 0 Å². The summed E-state index contributed by atoms with van der Waals surface area (Å²) in [5.74, 6) is 0.511. The summed E-state index contributed by atoms with van der Waals surface area (Å²) in [5, 5.41) is 0. The number of benzene rings is 2. The number of likely N-dealkylation sites (N-methyl/N-ethyl adjacent to an activating group) is 1. The highest BCUT2D eigenvalue weighted by molar-refractivity contribution is 6.08. The van der Waals surface area contributed by atoms with Crippen molar-refractivity contribution in [1.29, 1.82) is 0 Å². The van der Waals surface area contributed by atoms with Gasteiger partial charge in [-0.25, -0.2) is 4.39 Å². The summed E-state index contributed by atoms with van der Waals surface area (Å²) in [6.07, 6.45) is 4.27. The maximum Gasteiger partial charge on any atom is 0.258 e. The molecule has 2 saturated heterocycles. The van der Waals surface area contributed by atoms with E-state index in [1.54, 1.807) is 4.90 Å². The minimum absolute atomic E-state index is 0.0314. The van der Waals surface area contributed by atoms with Gasteiger partial charge >= 0.3 is 0 Å². The summed E-state index contributed by atoms with van der Waals surface area (Å²) in [4.78, 5) is 21.8. The summed E-state index contributed by atoms with van der Waals surface area (Å²) in [6, 6.07) is 12.0. The van der Waals surface area contributed by atoms with Gasteiger partial charge in [-0.2, -0.15) is 0 Å². The Hall–Kier alpha value is -2.60. The Morgan fingerprint density at radius 2 is 1.64 bits per heavy atom. The molecule has 6 heteroatoms. The van der Waals surface area contributed by atoms with E-state index in [2.05, 4.69) is 47.9 Å². The molecule has 2 aromatic carbocycles. The SMILES string of the molecule is CC1CCN(c2ccc3c(c2)CCN(c2ccc(N4CC[C@@H](N(C)C)C4)c(F)c2)C3=O)CC1. The standard InChI is InChI=1S/C27H35FN4O/c1-19-8-12-30(13-9-19)21-4-6-24-20(16-21)10-15-32(27(24)33)22-5-7-26(25(28)17-22)31-14-11-23(18-31)29(2)3/h4-7,16-17,19,23H,8-15,18H2,1-3H3/t23-/m1/s1. The third-order valence-electron chi connectivity index (χ3n) is 7.80. The number of carbonyl (C=O) groups is 1. The summed E-state index contributed by atoms with van der Waals surface area (Å²) in [5.41, 5.74) is 4.35. The topological polar surface area (TPSA) is 30.0 Å². The molecule has 1 amide bonds. The first-order chi connectivity index (χ1) is 15.9. The highest BCUT2D eigenvalue weighted by Crippen LogP contribution is 2.32. The number of carbonyl (C=O) groups excluding carboxylic acids is 1. The lowest BCUT2D eigenvalue weighted by Gasteiger charge is -2.34. The van der Waals surface area contributed by atoms with Gasteiger partial charge in [-0.3, -0.25) is 4.79 Å². The second-order valence-corrected chi connectivity index (χ2v) is 10.2. The molecular weight excluding hydrogens is 415 g/mol. The third kappa shape index (κ3) is 4.33. The van der Waals surface area contributed by atoms with Crippen molar-refractivity contribution >= 4 is 23.0 Å². The lowest BCUT2D eigenvalue weighted by Crippen LogP contribution is -2.38. The number of anilines is 3. The highest BCUT2D eigenvalue weighted by Gasteiger charge is 2.29. The molecule has 3 aliphatic heterocycles. The van der Waals surface area contributed by atoms with E-state index in [-0.39, 0.29) is 11.7 Å². The average molecular weight is 451 g/mol. The molecule has 3 aliphatic rings. The van der Waals surface area contributed by atoms with Gasteiger partial charge in [-0.1, -0.05) is 6.92 Å². The van der Waals surface area contributed by atoms with E-state index in [4.69, 9.17) is 0 Å². The van der Waals surface area contributed by atoms with E-state index in [1.165, 1.54) is 24.6 Å². The van der Waals surface area contributed by atoms with Crippen LogP contribution in [0.4, 0.5) is 21.5 Å². The van der Waals surface area contributed by atoms with Gasteiger partial charge in [0.25, 0.3) is 5.91 Å². The van der Waals surface area contributed by atoms with Crippen LogP contribution in [-0.2, 0) is 6.42 Å². The zero-order valence-corrected chi connectivity index (χ0v) is 20.1. The molecular formula is C27H35FN4O. The van der Waals surface area contributed by atoms with Crippen LogP contribution >= 0.6 is 0 Å². The van der Waals surface area contributed by atoms with Crippen LogP contribution in [0.2, 0.25) is 0 Å². The predicted molar refractivity (Wildman–Crippen MR) is 133 cm³/mol.